The van der Waals surface area contributed by atoms with Gasteiger partial charge in [0.2, 0.25) is 11.7 Å². The molecule has 2 amide bonds. The first kappa shape index (κ1) is 21.6. The van der Waals surface area contributed by atoms with Gasteiger partial charge in [0, 0.05) is 30.4 Å². The highest BCUT2D eigenvalue weighted by Crippen LogP contribution is 2.26. The Balaban J connectivity index is 1.57. The Morgan fingerprint density at radius 3 is 2.81 bits per heavy atom. The quantitative estimate of drug-likeness (QED) is 0.604. The van der Waals surface area contributed by atoms with Gasteiger partial charge >= 0.3 is 0 Å². The van der Waals surface area contributed by atoms with Crippen molar-refractivity contribution in [1.29, 1.82) is 0 Å². The third kappa shape index (κ3) is 4.81. The molecule has 2 heterocycles. The molecule has 1 fully saturated rings. The number of fused-ring (bicyclic) bond motifs is 1. The molecule has 0 aliphatic carbocycles. The number of hydrogen-bond acceptors (Lipinski definition) is 5. The Bertz CT molecular complexity index is 1180. The summed E-state index contributed by atoms with van der Waals surface area (Å²) in [7, 11) is 1.86. The first-order valence-electron chi connectivity index (χ1n) is 10.4. The van der Waals surface area contributed by atoms with Gasteiger partial charge in [-0.3, -0.25) is 9.59 Å². The predicted molar refractivity (Wildman–Crippen MR) is 122 cm³/mol. The molecule has 1 aliphatic heterocycles. The molecule has 4 rings (SSSR count). The maximum atomic E-state index is 14.3. The first-order chi connectivity index (χ1) is 15.4. The van der Waals surface area contributed by atoms with Crippen molar-refractivity contribution < 1.29 is 14.0 Å². The minimum atomic E-state index is -1.13. The van der Waals surface area contributed by atoms with Crippen molar-refractivity contribution in [1.82, 2.24) is 20.2 Å². The van der Waals surface area contributed by atoms with E-state index >= 15 is 0 Å². The number of alkyl halides is 1. The van der Waals surface area contributed by atoms with Crippen LogP contribution >= 0.6 is 0 Å². The van der Waals surface area contributed by atoms with Gasteiger partial charge in [0.25, 0.3) is 5.91 Å². The van der Waals surface area contributed by atoms with Gasteiger partial charge in [0.1, 0.15) is 6.17 Å². The van der Waals surface area contributed by atoms with Crippen molar-refractivity contribution in [3.05, 3.63) is 67.1 Å². The number of piperidine rings is 1. The smallest absolute Gasteiger partial charge is 0.289 e. The summed E-state index contributed by atoms with van der Waals surface area (Å²) in [5.74, 6) is -0.763. The molecule has 3 aromatic rings. The summed E-state index contributed by atoms with van der Waals surface area (Å²) in [6, 6.07) is 12.5. The minimum Gasteiger partial charge on any atom is -0.344 e. The van der Waals surface area contributed by atoms with Gasteiger partial charge in [-0.2, -0.15) is 0 Å². The van der Waals surface area contributed by atoms with Crippen LogP contribution in [0.25, 0.3) is 22.0 Å². The van der Waals surface area contributed by atoms with Gasteiger partial charge < -0.3 is 15.5 Å². The third-order valence-electron chi connectivity index (χ3n) is 5.50. The summed E-state index contributed by atoms with van der Waals surface area (Å²) in [6.07, 6.45) is 2.21. The summed E-state index contributed by atoms with van der Waals surface area (Å²) >= 11 is 0. The molecule has 2 unspecified atom stereocenters. The van der Waals surface area contributed by atoms with Crippen LogP contribution in [0.15, 0.2) is 61.3 Å². The molecule has 1 aliphatic rings. The lowest BCUT2D eigenvalue weighted by Gasteiger charge is -2.32. The predicted octanol–water partition coefficient (Wildman–Crippen LogP) is 3.19. The number of rotatable bonds is 5. The van der Waals surface area contributed by atoms with E-state index in [1.807, 2.05) is 48.3 Å². The number of carbonyl (C=O) groups excluding carboxylic acids is 2. The molecule has 2 atom stereocenters. The van der Waals surface area contributed by atoms with Gasteiger partial charge in [0.15, 0.2) is 0 Å². The van der Waals surface area contributed by atoms with Crippen LogP contribution in [0, 0.1) is 0 Å². The van der Waals surface area contributed by atoms with E-state index in [4.69, 9.17) is 0 Å². The zero-order valence-electron chi connectivity index (χ0n) is 17.7. The SMILES string of the molecule is C=CC(=O)Nc1cccc(-c2ccc3cnc(C(=O)NC4CCN(C)CC4F)nc3c2)c1. The summed E-state index contributed by atoms with van der Waals surface area (Å²) < 4.78 is 14.3. The van der Waals surface area contributed by atoms with Crippen molar-refractivity contribution in [2.45, 2.75) is 18.6 Å². The van der Waals surface area contributed by atoms with Crippen LogP contribution in [0.4, 0.5) is 10.1 Å². The van der Waals surface area contributed by atoms with E-state index in [1.165, 1.54) is 6.08 Å². The highest BCUT2D eigenvalue weighted by molar-refractivity contribution is 5.99. The maximum absolute atomic E-state index is 14.3. The normalized spacial score (nSPS) is 18.8. The fourth-order valence-electron chi connectivity index (χ4n) is 3.73. The number of halogens is 1. The van der Waals surface area contributed by atoms with E-state index in [1.54, 1.807) is 12.3 Å². The molecule has 32 heavy (non-hydrogen) atoms. The zero-order valence-corrected chi connectivity index (χ0v) is 17.7. The van der Waals surface area contributed by atoms with Gasteiger partial charge in [-0.05, 0) is 48.9 Å². The molecule has 1 aromatic heterocycles. The van der Waals surface area contributed by atoms with Crippen LogP contribution in [0.2, 0.25) is 0 Å². The number of anilines is 1. The highest BCUT2D eigenvalue weighted by atomic mass is 19.1. The molecule has 0 radical (unpaired) electrons. The van der Waals surface area contributed by atoms with Gasteiger partial charge in [-0.1, -0.05) is 30.8 Å². The maximum Gasteiger partial charge on any atom is 0.289 e. The highest BCUT2D eigenvalue weighted by Gasteiger charge is 2.29. The number of hydrogen-bond donors (Lipinski definition) is 2. The van der Waals surface area contributed by atoms with Crippen LogP contribution in [0.5, 0.6) is 0 Å². The third-order valence-corrected chi connectivity index (χ3v) is 5.50. The molecule has 0 spiro atoms. The summed E-state index contributed by atoms with van der Waals surface area (Å²) in [6.45, 7) is 4.47. The van der Waals surface area contributed by atoms with Gasteiger partial charge in [0.05, 0.1) is 11.6 Å². The van der Waals surface area contributed by atoms with E-state index in [0.29, 0.717) is 24.2 Å². The molecule has 7 nitrogen and oxygen atoms in total. The first-order valence-corrected chi connectivity index (χ1v) is 10.4. The van der Waals surface area contributed by atoms with Crippen molar-refractivity contribution in [3.63, 3.8) is 0 Å². The van der Waals surface area contributed by atoms with Crippen molar-refractivity contribution in [3.8, 4) is 11.1 Å². The van der Waals surface area contributed by atoms with Crippen molar-refractivity contribution >= 4 is 28.4 Å². The molecule has 0 saturated carbocycles. The van der Waals surface area contributed by atoms with E-state index in [0.717, 1.165) is 23.1 Å². The van der Waals surface area contributed by atoms with Gasteiger partial charge in [-0.15, -0.1) is 0 Å². The Labute approximate surface area is 185 Å². The standard InChI is InChI=1S/C24H24FN5O2/c1-3-22(31)27-18-6-4-5-15(11-18)16-7-8-17-13-26-23(28-21(17)12-16)24(32)29-20-9-10-30(2)14-19(20)25/h3-8,11-13,19-20H,1,9-10,14H2,2H3,(H,27,31)(H,29,32). The number of likely N-dealkylation sites (tertiary alicyclic amines) is 1. The van der Waals surface area contributed by atoms with Gasteiger partial charge in [-0.25, -0.2) is 14.4 Å². The van der Waals surface area contributed by atoms with E-state index in [2.05, 4.69) is 27.2 Å². The lowest BCUT2D eigenvalue weighted by molar-refractivity contribution is -0.111. The van der Waals surface area contributed by atoms with Crippen LogP contribution in [0.1, 0.15) is 17.0 Å². The number of amides is 2. The molecule has 8 heteroatoms. The minimum absolute atomic E-state index is 0.00720. The Morgan fingerprint density at radius 2 is 2.03 bits per heavy atom. The second kappa shape index (κ2) is 9.23. The Hall–Kier alpha value is -3.65. The van der Waals surface area contributed by atoms with E-state index in [-0.39, 0.29) is 11.7 Å². The molecular formula is C24H24FN5O2. The van der Waals surface area contributed by atoms with Crippen molar-refractivity contribution in [2.24, 2.45) is 0 Å². The second-order valence-electron chi connectivity index (χ2n) is 7.89. The van der Waals surface area contributed by atoms with Crippen molar-refractivity contribution in [2.75, 3.05) is 25.5 Å². The fraction of sp³-hybridized carbons (Fsp3) is 0.250. The Kier molecular flexibility index (Phi) is 6.23. The molecule has 164 valence electrons. The number of aromatic nitrogens is 2. The number of nitrogens with zero attached hydrogens (tertiary/aromatic N) is 3. The molecule has 2 aromatic carbocycles. The average molecular weight is 433 g/mol. The van der Waals surface area contributed by atoms with Crippen LogP contribution < -0.4 is 10.6 Å². The second-order valence-corrected chi connectivity index (χ2v) is 7.89. The molecule has 0 bridgehead atoms. The molecule has 2 N–H and O–H groups in total. The lowest BCUT2D eigenvalue weighted by atomic mass is 10.0. The monoisotopic (exact) mass is 433 g/mol. The average Bonchev–Trinajstić information content (AvgIpc) is 2.80. The number of carbonyl (C=O) groups is 2. The van der Waals surface area contributed by atoms with E-state index in [9.17, 15) is 14.0 Å². The fourth-order valence-corrected chi connectivity index (χ4v) is 3.73. The Morgan fingerprint density at radius 1 is 1.22 bits per heavy atom. The largest absolute Gasteiger partial charge is 0.344 e. The zero-order chi connectivity index (χ0) is 22.7. The number of benzene rings is 2. The summed E-state index contributed by atoms with van der Waals surface area (Å²) in [5.41, 5.74) is 3.00. The molecule has 1 saturated heterocycles. The molecular weight excluding hydrogens is 409 g/mol. The number of nitrogens with one attached hydrogen (secondary N) is 2. The van der Waals surface area contributed by atoms with Crippen LogP contribution in [-0.4, -0.2) is 59.0 Å². The summed E-state index contributed by atoms with van der Waals surface area (Å²) in [4.78, 5) is 34.7. The topological polar surface area (TPSA) is 87.2 Å². The lowest BCUT2D eigenvalue weighted by Crippen LogP contribution is -2.51. The van der Waals surface area contributed by atoms with Crippen LogP contribution in [0.3, 0.4) is 0 Å². The van der Waals surface area contributed by atoms with Crippen LogP contribution in [-0.2, 0) is 4.79 Å². The van der Waals surface area contributed by atoms with E-state index < -0.39 is 18.1 Å². The summed E-state index contributed by atoms with van der Waals surface area (Å²) in [5, 5.41) is 6.25.